The Morgan fingerprint density at radius 3 is 2.40 bits per heavy atom. The fourth-order valence-electron chi connectivity index (χ4n) is 4.44. The molecule has 1 fully saturated rings. The van der Waals surface area contributed by atoms with Crippen molar-refractivity contribution in [2.75, 3.05) is 38.2 Å². The van der Waals surface area contributed by atoms with Gasteiger partial charge in [0, 0.05) is 61.3 Å². The van der Waals surface area contributed by atoms with Crippen LogP contribution in [0.2, 0.25) is 0 Å². The summed E-state index contributed by atoms with van der Waals surface area (Å²) < 4.78 is 7.08. The van der Waals surface area contributed by atoms with E-state index in [0.29, 0.717) is 11.8 Å². The van der Waals surface area contributed by atoms with Crippen LogP contribution in [0.5, 0.6) is 5.75 Å². The molecular weight excluding hydrogens is 382 g/mol. The molecule has 3 rings (SSSR count). The van der Waals surface area contributed by atoms with E-state index in [1.165, 1.54) is 20.0 Å². The summed E-state index contributed by atoms with van der Waals surface area (Å²) in [6.07, 6.45) is 8.17. The van der Waals surface area contributed by atoms with Crippen molar-refractivity contribution in [3.05, 3.63) is 34.6 Å². The molecular formula is C22H33N5O3. The molecule has 164 valence electrons. The maximum atomic E-state index is 11.6. The largest absolute Gasteiger partial charge is 0.490 e. The van der Waals surface area contributed by atoms with E-state index >= 15 is 0 Å². The van der Waals surface area contributed by atoms with Crippen molar-refractivity contribution < 1.29 is 9.66 Å². The summed E-state index contributed by atoms with van der Waals surface area (Å²) in [5, 5.41) is 15.8. The first-order valence-corrected chi connectivity index (χ1v) is 10.8. The number of aromatic nitrogens is 2. The fraction of sp³-hybridized carbons (Fsp3) is 0.591. The zero-order valence-corrected chi connectivity index (χ0v) is 18.5. The zero-order valence-electron chi connectivity index (χ0n) is 18.5. The van der Waals surface area contributed by atoms with Gasteiger partial charge < -0.3 is 14.5 Å². The van der Waals surface area contributed by atoms with Crippen LogP contribution in [0.1, 0.15) is 39.5 Å². The molecule has 0 saturated carbocycles. The van der Waals surface area contributed by atoms with Gasteiger partial charge in [0.2, 0.25) is 0 Å². The van der Waals surface area contributed by atoms with Crippen molar-refractivity contribution >= 4 is 11.4 Å². The Labute approximate surface area is 178 Å². The second-order valence-corrected chi connectivity index (χ2v) is 7.96. The minimum absolute atomic E-state index is 0.0212. The van der Waals surface area contributed by atoms with Gasteiger partial charge in [-0.25, -0.2) is 0 Å². The molecule has 0 atom stereocenters. The average Bonchev–Trinajstić information content (AvgIpc) is 3.18. The Bertz CT molecular complexity index is 852. The summed E-state index contributed by atoms with van der Waals surface area (Å²) in [6.45, 7) is 8.60. The number of rotatable bonds is 9. The molecule has 0 unspecified atom stereocenters. The minimum atomic E-state index is -0.387. The number of nitrogens with zero attached hydrogens (tertiary/aromatic N) is 5. The Morgan fingerprint density at radius 1 is 1.23 bits per heavy atom. The number of aryl methyl sites for hydroxylation is 1. The monoisotopic (exact) mass is 415 g/mol. The number of benzene rings is 1. The third-order valence-electron chi connectivity index (χ3n) is 5.85. The van der Waals surface area contributed by atoms with Crippen LogP contribution in [-0.2, 0) is 7.05 Å². The van der Waals surface area contributed by atoms with Gasteiger partial charge in [-0.1, -0.05) is 13.8 Å². The van der Waals surface area contributed by atoms with Crippen LogP contribution in [-0.4, -0.2) is 58.9 Å². The highest BCUT2D eigenvalue weighted by Crippen LogP contribution is 2.41. The molecule has 30 heavy (non-hydrogen) atoms. The van der Waals surface area contributed by atoms with Crippen molar-refractivity contribution in [2.24, 2.45) is 7.05 Å². The Morgan fingerprint density at radius 2 is 1.90 bits per heavy atom. The van der Waals surface area contributed by atoms with Gasteiger partial charge in [0.05, 0.1) is 18.2 Å². The van der Waals surface area contributed by atoms with E-state index in [0.717, 1.165) is 55.8 Å². The molecule has 1 aliphatic heterocycles. The van der Waals surface area contributed by atoms with Gasteiger partial charge in [-0.05, 0) is 38.8 Å². The summed E-state index contributed by atoms with van der Waals surface area (Å²) in [5.74, 6) is 0.295. The third-order valence-corrected chi connectivity index (χ3v) is 5.85. The number of hydrogen-bond acceptors (Lipinski definition) is 6. The molecule has 0 spiro atoms. The Balaban J connectivity index is 1.90. The van der Waals surface area contributed by atoms with Gasteiger partial charge in [0.25, 0.3) is 0 Å². The molecule has 1 aromatic carbocycles. The third kappa shape index (κ3) is 4.75. The maximum absolute atomic E-state index is 11.6. The minimum Gasteiger partial charge on any atom is -0.490 e. The number of nitro benzene ring substituents is 1. The number of methoxy groups -OCH3 is 1. The van der Waals surface area contributed by atoms with E-state index in [-0.39, 0.29) is 10.6 Å². The number of hydrogen-bond donors (Lipinski definition) is 0. The SMILES string of the molecule is CCCN(CCC)C1CCN(c2cc(OC)c([N+](=O)[O-])cc2-c2cnn(C)c2)CC1. The quantitative estimate of drug-likeness (QED) is 0.453. The molecule has 8 heteroatoms. The summed E-state index contributed by atoms with van der Waals surface area (Å²) in [5.41, 5.74) is 2.65. The normalized spacial score (nSPS) is 15.0. The van der Waals surface area contributed by atoms with Crippen molar-refractivity contribution in [3.63, 3.8) is 0 Å². The van der Waals surface area contributed by atoms with E-state index in [9.17, 15) is 10.1 Å². The lowest BCUT2D eigenvalue weighted by molar-refractivity contribution is -0.385. The first kappa shape index (κ1) is 22.1. The highest BCUT2D eigenvalue weighted by Gasteiger charge is 2.28. The van der Waals surface area contributed by atoms with Crippen LogP contribution in [0.4, 0.5) is 11.4 Å². The van der Waals surface area contributed by atoms with Crippen LogP contribution >= 0.6 is 0 Å². The molecule has 1 aliphatic rings. The van der Waals surface area contributed by atoms with Crippen molar-refractivity contribution in [2.45, 2.75) is 45.6 Å². The van der Waals surface area contributed by atoms with Gasteiger partial charge in [0.15, 0.2) is 5.75 Å². The second kappa shape index (κ2) is 9.93. The Hall–Kier alpha value is -2.61. The van der Waals surface area contributed by atoms with Gasteiger partial charge >= 0.3 is 5.69 Å². The van der Waals surface area contributed by atoms with E-state index in [2.05, 4.69) is 28.7 Å². The molecule has 1 aromatic heterocycles. The first-order valence-electron chi connectivity index (χ1n) is 10.8. The molecule has 0 aliphatic carbocycles. The van der Waals surface area contributed by atoms with Crippen LogP contribution in [0.25, 0.3) is 11.1 Å². The van der Waals surface area contributed by atoms with Crippen molar-refractivity contribution in [3.8, 4) is 16.9 Å². The summed E-state index contributed by atoms with van der Waals surface area (Å²) in [6, 6.07) is 4.04. The molecule has 0 bridgehead atoms. The molecule has 1 saturated heterocycles. The van der Waals surface area contributed by atoms with Crippen LogP contribution in [0.15, 0.2) is 24.5 Å². The van der Waals surface area contributed by atoms with Gasteiger partial charge in [0.1, 0.15) is 0 Å². The van der Waals surface area contributed by atoms with Gasteiger partial charge in [-0.15, -0.1) is 0 Å². The highest BCUT2D eigenvalue weighted by atomic mass is 16.6. The van der Waals surface area contributed by atoms with E-state index in [4.69, 9.17) is 4.74 Å². The predicted octanol–water partition coefficient (Wildman–Crippen LogP) is 4.09. The Kier molecular flexibility index (Phi) is 7.31. The smallest absolute Gasteiger partial charge is 0.311 e. The van der Waals surface area contributed by atoms with Crippen molar-refractivity contribution in [1.82, 2.24) is 14.7 Å². The predicted molar refractivity (Wildman–Crippen MR) is 119 cm³/mol. The number of anilines is 1. The van der Waals surface area contributed by atoms with Crippen molar-refractivity contribution in [1.29, 1.82) is 0 Å². The lowest BCUT2D eigenvalue weighted by Gasteiger charge is -2.40. The first-order chi connectivity index (χ1) is 14.5. The standard InChI is InChI=1S/C22H33N5O3/c1-5-9-25(10-6-2)18-7-11-26(12-8-18)20-14-22(30-4)21(27(28)29)13-19(20)17-15-23-24(3)16-17/h13-16,18H,5-12H2,1-4H3. The molecule has 8 nitrogen and oxygen atoms in total. The van der Waals surface area contributed by atoms with Crippen LogP contribution in [0.3, 0.4) is 0 Å². The topological polar surface area (TPSA) is 76.7 Å². The van der Waals surface area contributed by atoms with E-state index in [1.54, 1.807) is 16.9 Å². The molecule has 2 heterocycles. The number of piperidine rings is 1. The molecule has 2 aromatic rings. The summed E-state index contributed by atoms with van der Waals surface area (Å²) >= 11 is 0. The lowest BCUT2D eigenvalue weighted by atomic mass is 9.99. The summed E-state index contributed by atoms with van der Waals surface area (Å²) in [7, 11) is 3.33. The lowest BCUT2D eigenvalue weighted by Crippen LogP contribution is -2.45. The van der Waals surface area contributed by atoms with E-state index < -0.39 is 0 Å². The zero-order chi connectivity index (χ0) is 21.7. The molecule has 0 radical (unpaired) electrons. The van der Waals surface area contributed by atoms with Gasteiger partial charge in [-0.3, -0.25) is 14.8 Å². The maximum Gasteiger partial charge on any atom is 0.311 e. The fourth-order valence-corrected chi connectivity index (χ4v) is 4.44. The molecule has 0 amide bonds. The number of ether oxygens (including phenoxy) is 1. The molecule has 0 N–H and O–H groups in total. The second-order valence-electron chi connectivity index (χ2n) is 7.96. The van der Waals surface area contributed by atoms with Crippen LogP contribution in [0, 0.1) is 10.1 Å². The van der Waals surface area contributed by atoms with E-state index in [1.807, 2.05) is 19.3 Å². The van der Waals surface area contributed by atoms with Gasteiger partial charge in [-0.2, -0.15) is 5.10 Å². The highest BCUT2D eigenvalue weighted by molar-refractivity contribution is 5.82. The van der Waals surface area contributed by atoms with Crippen LogP contribution < -0.4 is 9.64 Å². The number of nitro groups is 1. The summed E-state index contributed by atoms with van der Waals surface area (Å²) in [4.78, 5) is 16.2. The average molecular weight is 416 g/mol.